The summed E-state index contributed by atoms with van der Waals surface area (Å²) in [4.78, 5) is 33.6. The fourth-order valence-electron chi connectivity index (χ4n) is 5.51. The summed E-state index contributed by atoms with van der Waals surface area (Å²) in [5.41, 5.74) is 5.26. The Kier molecular flexibility index (Phi) is 6.81. The van der Waals surface area contributed by atoms with Crippen LogP contribution in [0.25, 0.3) is 33.2 Å². The number of H-pyrrole nitrogens is 1. The summed E-state index contributed by atoms with van der Waals surface area (Å²) in [7, 11) is 4.30. The van der Waals surface area contributed by atoms with E-state index < -0.39 is 0 Å². The topological polar surface area (TPSA) is 111 Å². The Hall–Kier alpha value is -4.35. The number of likely N-dealkylation sites (tertiary alicyclic amines) is 1. The van der Waals surface area contributed by atoms with Gasteiger partial charge in [0, 0.05) is 62.6 Å². The Balaban J connectivity index is 1.07. The van der Waals surface area contributed by atoms with Crippen LogP contribution in [0.4, 0.5) is 17.5 Å². The van der Waals surface area contributed by atoms with Gasteiger partial charge in [-0.2, -0.15) is 4.98 Å². The molecule has 210 valence electrons. The van der Waals surface area contributed by atoms with Gasteiger partial charge in [-0.25, -0.2) is 19.9 Å². The first-order chi connectivity index (χ1) is 20.1. The maximum atomic E-state index is 6.17. The molecule has 2 aliphatic rings. The molecular weight excluding hydrogens is 516 g/mol. The third-order valence-corrected chi connectivity index (χ3v) is 8.05. The van der Waals surface area contributed by atoms with E-state index in [0.29, 0.717) is 11.8 Å². The van der Waals surface area contributed by atoms with E-state index in [9.17, 15) is 0 Å². The lowest BCUT2D eigenvalue weighted by Crippen LogP contribution is -2.44. The van der Waals surface area contributed by atoms with E-state index in [4.69, 9.17) is 14.7 Å². The number of rotatable bonds is 6. The summed E-state index contributed by atoms with van der Waals surface area (Å²) >= 11 is 0. The molecule has 0 unspecified atom stereocenters. The van der Waals surface area contributed by atoms with Gasteiger partial charge >= 0.3 is 0 Å². The highest BCUT2D eigenvalue weighted by molar-refractivity contribution is 5.95. The summed E-state index contributed by atoms with van der Waals surface area (Å²) in [5.74, 6) is 2.09. The number of aromatic amines is 1. The van der Waals surface area contributed by atoms with E-state index in [2.05, 4.69) is 60.1 Å². The molecule has 1 aromatic carbocycles. The number of benzene rings is 1. The largest absolute Gasteiger partial charge is 0.473 e. The van der Waals surface area contributed by atoms with Gasteiger partial charge in [-0.3, -0.25) is 0 Å². The number of piperidine rings is 1. The molecule has 0 spiro atoms. The van der Waals surface area contributed by atoms with Crippen molar-refractivity contribution < 1.29 is 4.74 Å². The molecule has 0 amide bonds. The van der Waals surface area contributed by atoms with Crippen molar-refractivity contribution >= 4 is 39.5 Å². The molecule has 0 radical (unpaired) electrons. The van der Waals surface area contributed by atoms with Crippen LogP contribution in [-0.2, 0) is 0 Å². The number of hydrogen-bond donors (Lipinski definition) is 2. The molecule has 11 nitrogen and oxygen atoms in total. The number of pyridine rings is 1. The highest BCUT2D eigenvalue weighted by atomic mass is 16.5. The van der Waals surface area contributed by atoms with Gasteiger partial charge in [-0.1, -0.05) is 6.07 Å². The second kappa shape index (κ2) is 10.9. The fraction of sp³-hybridized carbons (Fsp3) is 0.367. The number of likely N-dealkylation sites (N-methyl/N-ethyl adjacent to an activating group) is 1. The molecule has 4 aromatic heterocycles. The normalized spacial score (nSPS) is 17.4. The molecule has 0 bridgehead atoms. The molecule has 41 heavy (non-hydrogen) atoms. The molecule has 2 fully saturated rings. The van der Waals surface area contributed by atoms with Crippen molar-refractivity contribution in [1.29, 1.82) is 0 Å². The number of anilines is 3. The second-order valence-corrected chi connectivity index (χ2v) is 11.0. The van der Waals surface area contributed by atoms with Crippen LogP contribution in [0.1, 0.15) is 12.8 Å². The monoisotopic (exact) mass is 550 g/mol. The molecular formula is C30H34N10O. The number of piperazine rings is 1. The fourth-order valence-corrected chi connectivity index (χ4v) is 5.51. The lowest BCUT2D eigenvalue weighted by Gasteiger charge is -2.33. The first-order valence-electron chi connectivity index (χ1n) is 14.2. The van der Waals surface area contributed by atoms with Gasteiger partial charge in [0.2, 0.25) is 11.8 Å². The minimum atomic E-state index is 0.181. The van der Waals surface area contributed by atoms with Crippen molar-refractivity contribution in [3.8, 4) is 17.0 Å². The van der Waals surface area contributed by atoms with Crippen molar-refractivity contribution in [2.75, 3.05) is 63.6 Å². The Bertz CT molecular complexity index is 1650. The predicted octanol–water partition coefficient (Wildman–Crippen LogP) is 3.93. The average Bonchev–Trinajstić information content (AvgIpc) is 3.42. The van der Waals surface area contributed by atoms with Crippen molar-refractivity contribution in [1.82, 2.24) is 39.7 Å². The minimum Gasteiger partial charge on any atom is -0.473 e. The highest BCUT2D eigenvalue weighted by Crippen LogP contribution is 2.30. The van der Waals surface area contributed by atoms with Gasteiger partial charge in [0.05, 0.1) is 29.1 Å². The van der Waals surface area contributed by atoms with E-state index in [1.54, 1.807) is 6.20 Å². The van der Waals surface area contributed by atoms with Crippen molar-refractivity contribution in [2.24, 2.45) is 0 Å². The van der Waals surface area contributed by atoms with E-state index in [-0.39, 0.29) is 6.10 Å². The lowest BCUT2D eigenvalue weighted by atomic mass is 10.1. The van der Waals surface area contributed by atoms with E-state index in [1.807, 2.05) is 42.9 Å². The number of aromatic nitrogens is 6. The third kappa shape index (κ3) is 5.50. The predicted molar refractivity (Wildman–Crippen MR) is 161 cm³/mol. The van der Waals surface area contributed by atoms with Crippen molar-refractivity contribution in [3.05, 3.63) is 55.1 Å². The summed E-state index contributed by atoms with van der Waals surface area (Å²) in [6.45, 7) is 6.15. The number of nitrogens with one attached hydrogen (secondary N) is 2. The van der Waals surface area contributed by atoms with Crippen LogP contribution in [-0.4, -0.2) is 99.2 Å². The number of ether oxygens (including phenoxy) is 1. The molecule has 5 aromatic rings. The molecule has 6 heterocycles. The summed E-state index contributed by atoms with van der Waals surface area (Å²) in [6.07, 6.45) is 9.55. The van der Waals surface area contributed by atoms with Crippen LogP contribution in [0.5, 0.6) is 5.88 Å². The molecule has 0 saturated carbocycles. The van der Waals surface area contributed by atoms with Crippen LogP contribution >= 0.6 is 0 Å². The van der Waals surface area contributed by atoms with Gasteiger partial charge in [0.1, 0.15) is 17.6 Å². The van der Waals surface area contributed by atoms with Crippen molar-refractivity contribution in [3.63, 3.8) is 0 Å². The van der Waals surface area contributed by atoms with Gasteiger partial charge < -0.3 is 29.7 Å². The SMILES string of the molecule is CN1CCC(Oc2cnc3ccc(-c4c[nH]c5nc(Nc6ccc(N7CCN(C)CC7)nc6)ncc45)cc3n2)CC1. The zero-order valence-corrected chi connectivity index (χ0v) is 23.4. The molecule has 0 atom stereocenters. The molecule has 0 aliphatic carbocycles. The zero-order valence-electron chi connectivity index (χ0n) is 23.4. The maximum absolute atomic E-state index is 6.17. The maximum Gasteiger partial charge on any atom is 0.233 e. The van der Waals surface area contributed by atoms with Gasteiger partial charge in [0.15, 0.2) is 0 Å². The van der Waals surface area contributed by atoms with Gasteiger partial charge in [0.25, 0.3) is 0 Å². The van der Waals surface area contributed by atoms with E-state index >= 15 is 0 Å². The summed E-state index contributed by atoms with van der Waals surface area (Å²) in [6, 6.07) is 10.2. The quantitative estimate of drug-likeness (QED) is 0.323. The van der Waals surface area contributed by atoms with E-state index in [0.717, 1.165) is 96.8 Å². The van der Waals surface area contributed by atoms with Crippen LogP contribution < -0.4 is 15.0 Å². The average molecular weight is 551 g/mol. The zero-order chi connectivity index (χ0) is 27.8. The van der Waals surface area contributed by atoms with Gasteiger partial charge in [-0.15, -0.1) is 0 Å². The van der Waals surface area contributed by atoms with Crippen LogP contribution in [0.2, 0.25) is 0 Å². The molecule has 2 aliphatic heterocycles. The summed E-state index contributed by atoms with van der Waals surface area (Å²) < 4.78 is 6.17. The van der Waals surface area contributed by atoms with Gasteiger partial charge in [-0.05, 0) is 56.8 Å². The molecule has 7 rings (SSSR count). The second-order valence-electron chi connectivity index (χ2n) is 11.0. The van der Waals surface area contributed by atoms with Crippen molar-refractivity contribution in [2.45, 2.75) is 18.9 Å². The molecule has 2 saturated heterocycles. The Morgan fingerprint density at radius 3 is 2.46 bits per heavy atom. The number of nitrogens with zero attached hydrogens (tertiary/aromatic N) is 8. The lowest BCUT2D eigenvalue weighted by molar-refractivity contribution is 0.110. The first-order valence-corrected chi connectivity index (χ1v) is 14.2. The minimum absolute atomic E-state index is 0.181. The Morgan fingerprint density at radius 1 is 0.829 bits per heavy atom. The summed E-state index contributed by atoms with van der Waals surface area (Å²) in [5, 5.41) is 4.22. The Labute approximate surface area is 238 Å². The highest BCUT2D eigenvalue weighted by Gasteiger charge is 2.19. The Morgan fingerprint density at radius 2 is 1.66 bits per heavy atom. The van der Waals surface area contributed by atoms with Crippen LogP contribution in [0, 0.1) is 0 Å². The van der Waals surface area contributed by atoms with Crippen LogP contribution in [0.3, 0.4) is 0 Å². The smallest absolute Gasteiger partial charge is 0.233 e. The number of hydrogen-bond acceptors (Lipinski definition) is 10. The molecule has 11 heteroatoms. The van der Waals surface area contributed by atoms with E-state index in [1.165, 1.54) is 0 Å². The number of fused-ring (bicyclic) bond motifs is 2. The third-order valence-electron chi connectivity index (χ3n) is 8.05. The van der Waals surface area contributed by atoms with Crippen LogP contribution in [0.15, 0.2) is 55.1 Å². The molecule has 2 N–H and O–H groups in total. The first kappa shape index (κ1) is 25.6. The standard InChI is InChI=1S/C30H34N10O/c1-38-9-7-22(8-10-38)41-28-19-31-25-5-3-20(15-26(25)36-28)23-17-33-29-24(23)18-34-30(37-29)35-21-4-6-27(32-16-21)40-13-11-39(2)12-14-40/h3-6,15-19,22H,7-14H2,1-2H3,(H2,33,34,35,37).